The first-order valence-electron chi connectivity index (χ1n) is 5.10. The van der Waals surface area contributed by atoms with Gasteiger partial charge < -0.3 is 10.5 Å². The van der Waals surface area contributed by atoms with E-state index in [4.69, 9.17) is 10.5 Å². The Morgan fingerprint density at radius 2 is 2.20 bits per heavy atom. The van der Waals surface area contributed by atoms with Gasteiger partial charge in [-0.15, -0.1) is 0 Å². The highest BCUT2D eigenvalue weighted by molar-refractivity contribution is 9.11. The molecule has 0 aliphatic heterocycles. The molecule has 10 heteroatoms. The molecular weight excluding hydrogens is 373 g/mol. The average molecular weight is 382 g/mol. The molecule has 20 heavy (non-hydrogen) atoms. The molecule has 0 amide bonds. The molecule has 6 nitrogen and oxygen atoms in total. The number of sulfonamides is 1. The van der Waals surface area contributed by atoms with Crippen LogP contribution in [0.3, 0.4) is 0 Å². The maximum Gasteiger partial charge on any atom is 0.263 e. The third-order valence-electron chi connectivity index (χ3n) is 2.26. The van der Waals surface area contributed by atoms with Gasteiger partial charge in [-0.25, -0.2) is 17.8 Å². The molecule has 1 heterocycles. The fourth-order valence-electron chi connectivity index (χ4n) is 1.43. The van der Waals surface area contributed by atoms with Crippen LogP contribution in [0.15, 0.2) is 27.0 Å². The molecule has 0 unspecified atom stereocenters. The monoisotopic (exact) mass is 381 g/mol. The van der Waals surface area contributed by atoms with Crippen molar-refractivity contribution in [1.29, 1.82) is 0 Å². The Hall–Kier alpha value is -1.39. The van der Waals surface area contributed by atoms with Crippen molar-refractivity contribution in [3.8, 4) is 5.75 Å². The van der Waals surface area contributed by atoms with Crippen LogP contribution in [-0.4, -0.2) is 20.5 Å². The molecule has 0 saturated heterocycles. The molecule has 1 aromatic carbocycles. The van der Waals surface area contributed by atoms with E-state index in [1.807, 2.05) is 0 Å². The summed E-state index contributed by atoms with van der Waals surface area (Å²) in [6.07, 6.45) is 1.45. The van der Waals surface area contributed by atoms with Crippen LogP contribution in [0, 0.1) is 5.82 Å². The van der Waals surface area contributed by atoms with Crippen molar-refractivity contribution in [3.05, 3.63) is 27.9 Å². The van der Waals surface area contributed by atoms with Crippen LogP contribution in [0.25, 0.3) is 0 Å². The Kier molecular flexibility index (Phi) is 4.16. The summed E-state index contributed by atoms with van der Waals surface area (Å²) in [6, 6.07) is 1.95. The van der Waals surface area contributed by atoms with Gasteiger partial charge in [-0.1, -0.05) is 11.3 Å². The summed E-state index contributed by atoms with van der Waals surface area (Å²) in [4.78, 5) is 3.53. The molecule has 0 fully saturated rings. The van der Waals surface area contributed by atoms with Crippen molar-refractivity contribution in [2.45, 2.75) is 4.90 Å². The van der Waals surface area contributed by atoms with Crippen molar-refractivity contribution in [3.63, 3.8) is 0 Å². The Morgan fingerprint density at radius 1 is 1.50 bits per heavy atom. The molecular formula is C10H9BrFN3O3S2. The first-order chi connectivity index (χ1) is 9.33. The minimum Gasteiger partial charge on any atom is -0.492 e. The number of hydrogen-bond donors (Lipinski definition) is 2. The van der Waals surface area contributed by atoms with Gasteiger partial charge in [-0.3, -0.25) is 4.72 Å². The zero-order chi connectivity index (χ0) is 14.9. The maximum absolute atomic E-state index is 13.7. The van der Waals surface area contributed by atoms with Gasteiger partial charge >= 0.3 is 0 Å². The van der Waals surface area contributed by atoms with Crippen LogP contribution >= 0.6 is 27.3 Å². The van der Waals surface area contributed by atoms with Crippen LogP contribution in [0.1, 0.15) is 0 Å². The highest BCUT2D eigenvalue weighted by atomic mass is 79.9. The maximum atomic E-state index is 13.7. The Bertz CT molecular complexity index is 725. The lowest BCUT2D eigenvalue weighted by atomic mass is 10.3. The summed E-state index contributed by atoms with van der Waals surface area (Å²) >= 11 is 4.25. The number of hydrogen-bond acceptors (Lipinski definition) is 6. The number of methoxy groups -OCH3 is 1. The summed E-state index contributed by atoms with van der Waals surface area (Å²) < 4.78 is 45.5. The summed E-state index contributed by atoms with van der Waals surface area (Å²) in [6.45, 7) is 0. The van der Waals surface area contributed by atoms with E-state index in [1.54, 1.807) is 0 Å². The fourth-order valence-corrected chi connectivity index (χ4v) is 3.83. The number of aromatic nitrogens is 1. The zero-order valence-electron chi connectivity index (χ0n) is 10.1. The fraction of sp³-hybridized carbons (Fsp3) is 0.100. The molecule has 0 bridgehead atoms. The first kappa shape index (κ1) is 15.0. The highest BCUT2D eigenvalue weighted by Crippen LogP contribution is 2.30. The van der Waals surface area contributed by atoms with Crippen molar-refractivity contribution < 1.29 is 17.5 Å². The second kappa shape index (κ2) is 5.54. The van der Waals surface area contributed by atoms with Crippen LogP contribution in [0.5, 0.6) is 5.75 Å². The van der Waals surface area contributed by atoms with Gasteiger partial charge in [-0.05, 0) is 28.1 Å². The van der Waals surface area contributed by atoms with E-state index in [0.29, 0.717) is 3.79 Å². The quantitative estimate of drug-likeness (QED) is 0.793. The first-order valence-corrected chi connectivity index (χ1v) is 8.20. The van der Waals surface area contributed by atoms with Gasteiger partial charge in [0.15, 0.2) is 16.7 Å². The lowest BCUT2D eigenvalue weighted by Gasteiger charge is -2.09. The Labute approximate surface area is 127 Å². The molecule has 0 aliphatic carbocycles. The molecule has 0 atom stereocenters. The second-order valence-electron chi connectivity index (χ2n) is 3.60. The van der Waals surface area contributed by atoms with Gasteiger partial charge in [0.2, 0.25) is 0 Å². The lowest BCUT2D eigenvalue weighted by Crippen LogP contribution is -2.13. The van der Waals surface area contributed by atoms with Gasteiger partial charge in [-0.2, -0.15) is 0 Å². The summed E-state index contributed by atoms with van der Waals surface area (Å²) in [5, 5.41) is 0.159. The smallest absolute Gasteiger partial charge is 0.263 e. The molecule has 0 saturated carbocycles. The number of benzene rings is 1. The highest BCUT2D eigenvalue weighted by Gasteiger charge is 2.20. The number of ether oxygens (including phenoxy) is 1. The van der Waals surface area contributed by atoms with Crippen LogP contribution in [-0.2, 0) is 10.0 Å². The van der Waals surface area contributed by atoms with E-state index in [9.17, 15) is 12.8 Å². The van der Waals surface area contributed by atoms with Crippen LogP contribution in [0.2, 0.25) is 0 Å². The molecule has 1 aromatic heterocycles. The SMILES string of the molecule is COc1c(N)cc(S(=O)(=O)Nc2ncc(Br)s2)cc1F. The van der Waals surface area contributed by atoms with E-state index in [-0.39, 0.29) is 21.5 Å². The largest absolute Gasteiger partial charge is 0.492 e. The van der Waals surface area contributed by atoms with E-state index in [2.05, 4.69) is 25.6 Å². The van der Waals surface area contributed by atoms with Crippen molar-refractivity contribution in [2.75, 3.05) is 17.6 Å². The molecule has 0 aliphatic rings. The molecule has 0 radical (unpaired) electrons. The molecule has 3 N–H and O–H groups in total. The van der Waals surface area contributed by atoms with Gasteiger partial charge in [0.1, 0.15) is 0 Å². The van der Waals surface area contributed by atoms with Gasteiger partial charge in [0.25, 0.3) is 10.0 Å². The number of rotatable bonds is 4. The number of nitrogens with one attached hydrogen (secondary N) is 1. The van der Waals surface area contributed by atoms with Crippen molar-refractivity contribution >= 4 is 48.1 Å². The van der Waals surface area contributed by atoms with Crippen LogP contribution < -0.4 is 15.2 Å². The minimum absolute atomic E-state index is 0.104. The van der Waals surface area contributed by atoms with Crippen molar-refractivity contribution in [1.82, 2.24) is 4.98 Å². The van der Waals surface area contributed by atoms with Crippen molar-refractivity contribution in [2.24, 2.45) is 0 Å². The predicted molar refractivity (Wildman–Crippen MR) is 78.0 cm³/mol. The summed E-state index contributed by atoms with van der Waals surface area (Å²) in [5.74, 6) is -1.05. The number of thiazole rings is 1. The topological polar surface area (TPSA) is 94.3 Å². The zero-order valence-corrected chi connectivity index (χ0v) is 13.3. The predicted octanol–water partition coefficient (Wildman–Crippen LogP) is 2.44. The van der Waals surface area contributed by atoms with E-state index >= 15 is 0 Å². The minimum atomic E-state index is -3.97. The number of anilines is 2. The number of nitrogen functional groups attached to an aromatic ring is 1. The Morgan fingerprint density at radius 3 is 2.70 bits per heavy atom. The van der Waals surface area contributed by atoms with Gasteiger partial charge in [0, 0.05) is 0 Å². The number of nitrogens with two attached hydrogens (primary N) is 1. The normalized spacial score (nSPS) is 11.3. The third kappa shape index (κ3) is 3.02. The molecule has 2 aromatic rings. The average Bonchev–Trinajstić information content (AvgIpc) is 2.73. The van der Waals surface area contributed by atoms with E-state index in [0.717, 1.165) is 23.5 Å². The number of halogens is 2. The van der Waals surface area contributed by atoms with E-state index in [1.165, 1.54) is 13.3 Å². The van der Waals surface area contributed by atoms with E-state index < -0.39 is 15.8 Å². The molecule has 2 rings (SSSR count). The lowest BCUT2D eigenvalue weighted by molar-refractivity contribution is 0.388. The molecule has 0 spiro atoms. The Balaban J connectivity index is 2.39. The summed E-state index contributed by atoms with van der Waals surface area (Å²) in [7, 11) is -2.72. The number of nitrogens with zero attached hydrogens (tertiary/aromatic N) is 1. The van der Waals surface area contributed by atoms with Gasteiger partial charge in [0.05, 0.1) is 27.7 Å². The van der Waals surface area contributed by atoms with Crippen LogP contribution in [0.4, 0.5) is 15.2 Å². The second-order valence-corrected chi connectivity index (χ2v) is 7.69. The standard InChI is InChI=1S/C10H9BrFN3O3S2/c1-18-9-6(12)2-5(3-7(9)13)20(16,17)15-10-14-4-8(11)19-10/h2-4H,13H2,1H3,(H,14,15). The third-order valence-corrected chi connectivity index (χ3v) is 5.10. The molecule has 108 valence electrons. The summed E-state index contributed by atoms with van der Waals surface area (Å²) in [5.41, 5.74) is 5.45.